The van der Waals surface area contributed by atoms with E-state index in [1.165, 1.54) is 5.39 Å². The summed E-state index contributed by atoms with van der Waals surface area (Å²) in [6, 6.07) is 9.99. The molecule has 0 bridgehead atoms. The Kier molecular flexibility index (Phi) is 3.90. The Labute approximate surface area is 90.9 Å². The minimum Gasteiger partial charge on any atom is -0.303 e. The molecule has 0 aliphatic heterocycles. The van der Waals surface area contributed by atoms with Crippen molar-refractivity contribution in [1.29, 1.82) is 0 Å². The summed E-state index contributed by atoms with van der Waals surface area (Å²) in [4.78, 5) is 21.6. The highest BCUT2D eigenvalue weighted by molar-refractivity contribution is 7.45. The Morgan fingerprint density at radius 3 is 2.20 bits per heavy atom. The van der Waals surface area contributed by atoms with Gasteiger partial charge in [-0.05, 0) is 12.1 Å². The zero-order valence-corrected chi connectivity index (χ0v) is 9.14. The van der Waals surface area contributed by atoms with Gasteiger partial charge in [0.25, 0.3) is 0 Å². The van der Waals surface area contributed by atoms with Crippen LogP contribution in [0.25, 0.3) is 10.9 Å². The highest BCUT2D eigenvalue weighted by Gasteiger charge is 2.00. The van der Waals surface area contributed by atoms with Crippen molar-refractivity contribution in [3.8, 4) is 0 Å². The van der Waals surface area contributed by atoms with Crippen molar-refractivity contribution in [2.75, 3.05) is 0 Å². The molecule has 1 aromatic carbocycles. The van der Waals surface area contributed by atoms with Crippen LogP contribution in [0, 0.1) is 0 Å². The van der Waals surface area contributed by atoms with Crippen molar-refractivity contribution in [2.24, 2.45) is 0 Å². The Hall–Kier alpha value is -0.840. The number of benzene rings is 1. The van der Waals surface area contributed by atoms with E-state index in [1.807, 2.05) is 36.5 Å². The second-order valence-corrected chi connectivity index (χ2v) is 4.09. The fraction of sp³-hybridized carbons (Fsp3) is 0. The predicted molar refractivity (Wildman–Crippen MR) is 57.5 cm³/mol. The van der Waals surface area contributed by atoms with E-state index < -0.39 is 7.82 Å². The Morgan fingerprint density at radius 2 is 1.67 bits per heavy atom. The fourth-order valence-corrected chi connectivity index (χ4v) is 1.26. The number of aromatic nitrogens is 1. The molecule has 15 heavy (non-hydrogen) atoms. The number of hydrogen-bond acceptors (Lipinski definition) is 1. The topological polar surface area (TPSA) is 82.7 Å². The first-order valence-corrected chi connectivity index (χ1v) is 5.79. The largest absolute Gasteiger partial charge is 0.466 e. The van der Waals surface area contributed by atoms with E-state index in [0.717, 1.165) is 5.52 Å². The lowest BCUT2D eigenvalue weighted by atomic mass is 10.3. The molecule has 0 unspecified atom stereocenters. The SMILES string of the molecule is Cln1ccc2ccccc21.O=P(O)(O)O. The van der Waals surface area contributed by atoms with Gasteiger partial charge in [-0.15, -0.1) is 0 Å². The van der Waals surface area contributed by atoms with Crippen LogP contribution in [-0.4, -0.2) is 18.8 Å². The molecule has 0 fully saturated rings. The third-order valence-corrected chi connectivity index (χ3v) is 1.85. The summed E-state index contributed by atoms with van der Waals surface area (Å²) < 4.78 is 10.5. The number of fused-ring (bicyclic) bond motifs is 1. The molecule has 1 aromatic heterocycles. The lowest BCUT2D eigenvalue weighted by molar-refractivity contribution is 0.275. The van der Waals surface area contributed by atoms with Crippen molar-refractivity contribution >= 4 is 30.5 Å². The van der Waals surface area contributed by atoms with Gasteiger partial charge in [0.15, 0.2) is 0 Å². The first-order chi connectivity index (χ1) is 6.88. The number of halogens is 1. The van der Waals surface area contributed by atoms with Gasteiger partial charge in [-0.1, -0.05) is 18.2 Å². The molecule has 0 aliphatic rings. The molecule has 2 rings (SSSR count). The molecule has 0 saturated carbocycles. The van der Waals surface area contributed by atoms with Gasteiger partial charge in [-0.2, -0.15) is 0 Å². The van der Waals surface area contributed by atoms with Crippen LogP contribution in [-0.2, 0) is 4.57 Å². The summed E-state index contributed by atoms with van der Waals surface area (Å²) in [5.74, 6) is 0. The van der Waals surface area contributed by atoms with Gasteiger partial charge in [0.05, 0.1) is 5.52 Å². The average Bonchev–Trinajstić information content (AvgIpc) is 2.46. The monoisotopic (exact) mass is 249 g/mol. The number of hydrogen-bond donors (Lipinski definition) is 3. The molecular formula is C8H9ClNO4P. The van der Waals surface area contributed by atoms with E-state index in [-0.39, 0.29) is 0 Å². The maximum absolute atomic E-state index is 8.88. The summed E-state index contributed by atoms with van der Waals surface area (Å²) in [6.45, 7) is 0. The fourth-order valence-electron chi connectivity index (χ4n) is 1.05. The molecule has 3 N–H and O–H groups in total. The molecule has 2 aromatic rings. The average molecular weight is 250 g/mol. The Morgan fingerprint density at radius 1 is 1.13 bits per heavy atom. The van der Waals surface area contributed by atoms with Crippen LogP contribution in [0.2, 0.25) is 0 Å². The number of phosphoric acid groups is 1. The first-order valence-electron chi connectivity index (χ1n) is 3.88. The molecule has 5 nitrogen and oxygen atoms in total. The maximum Gasteiger partial charge on any atom is 0.466 e. The standard InChI is InChI=1S/C8H6ClN.H3O4P/c9-10-6-5-7-3-1-2-4-8(7)10;1-5(2,3)4/h1-6H;(H3,1,2,3,4). The highest BCUT2D eigenvalue weighted by Crippen LogP contribution is 2.25. The van der Waals surface area contributed by atoms with Crippen molar-refractivity contribution in [3.63, 3.8) is 0 Å². The number of rotatable bonds is 0. The van der Waals surface area contributed by atoms with Crippen LogP contribution in [0.5, 0.6) is 0 Å². The van der Waals surface area contributed by atoms with Crippen molar-refractivity contribution < 1.29 is 19.2 Å². The van der Waals surface area contributed by atoms with Gasteiger partial charge in [-0.3, -0.25) is 4.09 Å². The van der Waals surface area contributed by atoms with Gasteiger partial charge in [0.1, 0.15) is 0 Å². The van der Waals surface area contributed by atoms with E-state index in [9.17, 15) is 0 Å². The lowest BCUT2D eigenvalue weighted by Gasteiger charge is -1.89. The molecule has 0 spiro atoms. The predicted octanol–water partition coefficient (Wildman–Crippen LogP) is 1.71. The van der Waals surface area contributed by atoms with Gasteiger partial charge >= 0.3 is 7.82 Å². The third-order valence-electron chi connectivity index (χ3n) is 1.55. The Balaban J connectivity index is 0.000000195. The molecular weight excluding hydrogens is 241 g/mol. The quantitative estimate of drug-likeness (QED) is 0.621. The third kappa shape index (κ3) is 4.46. The summed E-state index contributed by atoms with van der Waals surface area (Å²) in [6.07, 6.45) is 1.84. The van der Waals surface area contributed by atoms with E-state index >= 15 is 0 Å². The minimum absolute atomic E-state index is 1.06. The summed E-state index contributed by atoms with van der Waals surface area (Å²) in [5, 5.41) is 1.18. The molecule has 0 saturated heterocycles. The summed E-state index contributed by atoms with van der Waals surface area (Å²) in [7, 11) is -4.64. The van der Waals surface area contributed by atoms with Crippen LogP contribution in [0.4, 0.5) is 0 Å². The van der Waals surface area contributed by atoms with Crippen molar-refractivity contribution in [3.05, 3.63) is 36.5 Å². The normalized spacial score (nSPS) is 10.9. The van der Waals surface area contributed by atoms with Crippen LogP contribution < -0.4 is 0 Å². The highest BCUT2D eigenvalue weighted by atomic mass is 35.5. The molecule has 0 radical (unpaired) electrons. The van der Waals surface area contributed by atoms with E-state index in [0.29, 0.717) is 0 Å². The zero-order valence-electron chi connectivity index (χ0n) is 7.49. The summed E-state index contributed by atoms with van der Waals surface area (Å²) in [5.41, 5.74) is 1.06. The number of nitrogens with zero attached hydrogens (tertiary/aromatic N) is 1. The Bertz CT molecular complexity index is 484. The van der Waals surface area contributed by atoms with Crippen molar-refractivity contribution in [2.45, 2.75) is 0 Å². The van der Waals surface area contributed by atoms with Gasteiger partial charge in [0.2, 0.25) is 0 Å². The lowest BCUT2D eigenvalue weighted by Crippen LogP contribution is -1.72. The molecule has 82 valence electrons. The first kappa shape index (κ1) is 12.2. The molecule has 0 atom stereocenters. The smallest absolute Gasteiger partial charge is 0.303 e. The van der Waals surface area contributed by atoms with Crippen LogP contribution in [0.3, 0.4) is 0 Å². The second-order valence-electron chi connectivity index (χ2n) is 2.70. The number of para-hydroxylation sites is 1. The van der Waals surface area contributed by atoms with Gasteiger partial charge in [-0.25, -0.2) is 4.57 Å². The minimum atomic E-state index is -4.64. The van der Waals surface area contributed by atoms with E-state index in [1.54, 1.807) is 4.09 Å². The zero-order chi connectivity index (χ0) is 11.5. The van der Waals surface area contributed by atoms with Crippen molar-refractivity contribution in [1.82, 2.24) is 4.09 Å². The molecule has 1 heterocycles. The van der Waals surface area contributed by atoms with E-state index in [2.05, 4.69) is 0 Å². The van der Waals surface area contributed by atoms with Crippen LogP contribution >= 0.6 is 19.6 Å². The summed E-state index contributed by atoms with van der Waals surface area (Å²) >= 11 is 5.79. The van der Waals surface area contributed by atoms with Gasteiger partial charge in [0, 0.05) is 23.4 Å². The maximum atomic E-state index is 8.88. The van der Waals surface area contributed by atoms with E-state index in [4.69, 9.17) is 31.0 Å². The molecule has 7 heteroatoms. The van der Waals surface area contributed by atoms with Crippen LogP contribution in [0.1, 0.15) is 0 Å². The van der Waals surface area contributed by atoms with Crippen LogP contribution in [0.15, 0.2) is 36.5 Å². The molecule has 0 amide bonds. The van der Waals surface area contributed by atoms with Gasteiger partial charge < -0.3 is 14.7 Å². The second kappa shape index (κ2) is 4.79. The molecule has 0 aliphatic carbocycles.